The molecule has 3 N–H and O–H groups in total. The van der Waals surface area contributed by atoms with E-state index in [2.05, 4.69) is 17.2 Å². The Balaban J connectivity index is 3.08. The van der Waals surface area contributed by atoms with E-state index in [4.69, 9.17) is 9.84 Å². The van der Waals surface area contributed by atoms with Crippen molar-refractivity contribution in [1.29, 1.82) is 0 Å². The molecule has 1 rings (SSSR count). The lowest BCUT2D eigenvalue weighted by molar-refractivity contribution is -0.131. The largest absolute Gasteiger partial charge is 0.503 e. The Bertz CT molecular complexity index is 637. The summed E-state index contributed by atoms with van der Waals surface area (Å²) < 4.78 is 5.01. The highest BCUT2D eigenvalue weighted by Crippen LogP contribution is 2.31. The van der Waals surface area contributed by atoms with Crippen LogP contribution in [0, 0.1) is 11.8 Å². The third kappa shape index (κ3) is 5.28. The first-order valence-electron chi connectivity index (χ1n) is 5.99. The van der Waals surface area contributed by atoms with Gasteiger partial charge in [0.25, 0.3) is 0 Å². The van der Waals surface area contributed by atoms with Gasteiger partial charge in [-0.15, -0.1) is 0 Å². The monoisotopic (exact) mass is 289 g/mol. The summed E-state index contributed by atoms with van der Waals surface area (Å²) in [7, 11) is 1.38. The van der Waals surface area contributed by atoms with E-state index in [1.165, 1.54) is 32.2 Å². The van der Waals surface area contributed by atoms with Crippen LogP contribution in [-0.2, 0) is 9.59 Å². The Morgan fingerprint density at radius 1 is 1.43 bits per heavy atom. The van der Waals surface area contributed by atoms with Crippen molar-refractivity contribution in [3.05, 3.63) is 29.3 Å². The zero-order valence-corrected chi connectivity index (χ0v) is 11.6. The third-order valence-electron chi connectivity index (χ3n) is 2.38. The summed E-state index contributed by atoms with van der Waals surface area (Å²) in [6.45, 7) is 1.52. The number of phenolic OH excluding ortho intramolecular Hbond substituents is 1. The van der Waals surface area contributed by atoms with Crippen molar-refractivity contribution < 1.29 is 24.5 Å². The molecule has 0 unspecified atom stereocenters. The number of amides is 1. The van der Waals surface area contributed by atoms with Gasteiger partial charge in [0.2, 0.25) is 5.91 Å². The van der Waals surface area contributed by atoms with E-state index in [1.807, 2.05) is 0 Å². The number of carboxylic acids is 1. The Morgan fingerprint density at radius 3 is 2.71 bits per heavy atom. The zero-order valence-electron chi connectivity index (χ0n) is 11.6. The van der Waals surface area contributed by atoms with Gasteiger partial charge < -0.3 is 20.3 Å². The molecule has 1 aromatic rings. The number of nitrogens with one attached hydrogen (secondary N) is 1. The third-order valence-corrected chi connectivity index (χ3v) is 2.38. The van der Waals surface area contributed by atoms with Crippen molar-refractivity contribution in [3.8, 4) is 23.3 Å². The minimum absolute atomic E-state index is 0.139. The minimum atomic E-state index is -1.08. The molecule has 0 aromatic heterocycles. The molecular weight excluding hydrogens is 274 g/mol. The quantitative estimate of drug-likeness (QED) is 0.567. The van der Waals surface area contributed by atoms with Crippen molar-refractivity contribution in [3.63, 3.8) is 0 Å². The lowest BCUT2D eigenvalue weighted by atomic mass is 10.1. The fraction of sp³-hybridized carbons (Fsp3) is 0.200. The van der Waals surface area contributed by atoms with Crippen molar-refractivity contribution in [2.45, 2.75) is 6.92 Å². The molecule has 0 aliphatic carbocycles. The second-order valence-corrected chi connectivity index (χ2v) is 4.00. The van der Waals surface area contributed by atoms with Crippen molar-refractivity contribution in [2.24, 2.45) is 0 Å². The second kappa shape index (κ2) is 7.60. The van der Waals surface area contributed by atoms with Crippen LogP contribution in [0.2, 0.25) is 0 Å². The first kappa shape index (κ1) is 16.1. The van der Waals surface area contributed by atoms with E-state index in [9.17, 15) is 14.7 Å². The molecular formula is C15H15NO5. The van der Waals surface area contributed by atoms with Crippen LogP contribution in [0.25, 0.3) is 6.08 Å². The summed E-state index contributed by atoms with van der Waals surface area (Å²) >= 11 is 0. The average molecular weight is 289 g/mol. The van der Waals surface area contributed by atoms with Gasteiger partial charge in [-0.05, 0) is 23.8 Å². The van der Waals surface area contributed by atoms with E-state index >= 15 is 0 Å². The predicted molar refractivity (Wildman–Crippen MR) is 76.9 cm³/mol. The highest BCUT2D eigenvalue weighted by Gasteiger charge is 2.08. The van der Waals surface area contributed by atoms with Gasteiger partial charge in [0, 0.05) is 13.0 Å². The topological polar surface area (TPSA) is 95.9 Å². The maximum Gasteiger partial charge on any atom is 0.328 e. The number of carbonyl (C=O) groups is 2. The molecule has 21 heavy (non-hydrogen) atoms. The molecule has 0 radical (unpaired) electrons. The molecule has 0 bridgehead atoms. The van der Waals surface area contributed by atoms with Crippen molar-refractivity contribution in [2.75, 3.05) is 13.7 Å². The first-order chi connectivity index (χ1) is 9.93. The Labute approximate surface area is 122 Å². The summed E-state index contributed by atoms with van der Waals surface area (Å²) in [6.07, 6.45) is 2.34. The van der Waals surface area contributed by atoms with E-state index in [0.717, 1.165) is 6.08 Å². The van der Waals surface area contributed by atoms with E-state index < -0.39 is 5.97 Å². The minimum Gasteiger partial charge on any atom is -0.503 e. The molecule has 110 valence electrons. The van der Waals surface area contributed by atoms with Crippen molar-refractivity contribution in [1.82, 2.24) is 5.32 Å². The van der Waals surface area contributed by atoms with Crippen LogP contribution < -0.4 is 10.1 Å². The number of carboxylic acid groups (broad SMARTS) is 1. The van der Waals surface area contributed by atoms with E-state index in [0.29, 0.717) is 5.56 Å². The molecule has 6 heteroatoms. The zero-order chi connectivity index (χ0) is 15.8. The maximum absolute atomic E-state index is 10.7. The first-order valence-corrected chi connectivity index (χ1v) is 5.99. The van der Waals surface area contributed by atoms with Crippen LogP contribution in [0.1, 0.15) is 18.1 Å². The van der Waals surface area contributed by atoms with Crippen molar-refractivity contribution >= 4 is 18.0 Å². The number of aromatic hydroxyl groups is 1. The van der Waals surface area contributed by atoms with Crippen LogP contribution in [0.5, 0.6) is 11.5 Å². The van der Waals surface area contributed by atoms with Gasteiger partial charge in [0.1, 0.15) is 0 Å². The van der Waals surface area contributed by atoms with Crippen LogP contribution in [0.4, 0.5) is 0 Å². The van der Waals surface area contributed by atoms with Crippen LogP contribution >= 0.6 is 0 Å². The van der Waals surface area contributed by atoms with Gasteiger partial charge in [-0.1, -0.05) is 11.8 Å². The second-order valence-electron chi connectivity index (χ2n) is 4.00. The highest BCUT2D eigenvalue weighted by atomic mass is 16.5. The number of hydrogen-bond acceptors (Lipinski definition) is 4. The van der Waals surface area contributed by atoms with Gasteiger partial charge in [-0.2, -0.15) is 0 Å². The summed E-state index contributed by atoms with van der Waals surface area (Å²) in [5.74, 6) is 4.13. The summed E-state index contributed by atoms with van der Waals surface area (Å²) in [6, 6.07) is 3.02. The lowest BCUT2D eigenvalue weighted by Crippen LogP contribution is -2.19. The van der Waals surface area contributed by atoms with Gasteiger partial charge in [-0.3, -0.25) is 4.79 Å². The molecule has 0 atom stereocenters. The molecule has 0 saturated heterocycles. The average Bonchev–Trinajstić information content (AvgIpc) is 2.43. The van der Waals surface area contributed by atoms with E-state index in [1.54, 1.807) is 0 Å². The van der Waals surface area contributed by atoms with Gasteiger partial charge >= 0.3 is 5.97 Å². The smallest absolute Gasteiger partial charge is 0.328 e. The number of rotatable bonds is 4. The molecule has 0 heterocycles. The molecule has 0 saturated carbocycles. The normalized spacial score (nSPS) is 9.81. The Morgan fingerprint density at radius 2 is 2.14 bits per heavy atom. The number of aliphatic carboxylic acids is 1. The molecule has 1 aromatic carbocycles. The fourth-order valence-electron chi connectivity index (χ4n) is 1.45. The summed E-state index contributed by atoms with van der Waals surface area (Å²) in [4.78, 5) is 21.2. The predicted octanol–water partition coefficient (Wildman–Crippen LogP) is 0.986. The summed E-state index contributed by atoms with van der Waals surface area (Å²) in [5, 5.41) is 21.1. The number of hydrogen-bond donors (Lipinski definition) is 3. The molecule has 0 aliphatic rings. The standard InChI is InChI=1S/C15H15NO5/c1-10(17)16-7-3-4-12-8-11(5-6-14(18)19)9-13(21-2)15(12)20/h5-6,8-9,20H,7H2,1-2H3,(H,16,17)(H,18,19). The van der Waals surface area contributed by atoms with Gasteiger partial charge in [0.05, 0.1) is 19.2 Å². The lowest BCUT2D eigenvalue weighted by Gasteiger charge is -2.06. The van der Waals surface area contributed by atoms with Crippen LogP contribution in [-0.4, -0.2) is 35.7 Å². The Kier molecular flexibility index (Phi) is 5.83. The number of benzene rings is 1. The fourth-order valence-corrected chi connectivity index (χ4v) is 1.45. The van der Waals surface area contributed by atoms with Gasteiger partial charge in [0.15, 0.2) is 11.5 Å². The Hall–Kier alpha value is -2.94. The maximum atomic E-state index is 10.7. The van der Waals surface area contributed by atoms with Crippen LogP contribution in [0.15, 0.2) is 18.2 Å². The number of ether oxygens (including phenoxy) is 1. The van der Waals surface area contributed by atoms with E-state index in [-0.39, 0.29) is 29.5 Å². The molecule has 0 spiro atoms. The van der Waals surface area contributed by atoms with Gasteiger partial charge in [-0.25, -0.2) is 4.79 Å². The highest BCUT2D eigenvalue weighted by molar-refractivity contribution is 5.85. The molecule has 0 aliphatic heterocycles. The molecule has 6 nitrogen and oxygen atoms in total. The molecule has 1 amide bonds. The molecule has 0 fully saturated rings. The van der Waals surface area contributed by atoms with Crippen LogP contribution in [0.3, 0.4) is 0 Å². The number of phenols is 1. The SMILES string of the molecule is COc1cc(C=CC(=O)O)cc(C#CCNC(C)=O)c1O. The summed E-state index contributed by atoms with van der Waals surface area (Å²) in [5.41, 5.74) is 0.806. The number of carbonyl (C=O) groups excluding carboxylic acids is 1. The number of methoxy groups -OCH3 is 1.